The lowest BCUT2D eigenvalue weighted by Crippen LogP contribution is -2.27. The maximum absolute atomic E-state index is 5.87. The molecule has 0 bridgehead atoms. The van der Waals surface area contributed by atoms with E-state index in [0.717, 1.165) is 11.0 Å². The van der Waals surface area contributed by atoms with Crippen molar-refractivity contribution in [2.45, 2.75) is 30.5 Å². The Labute approximate surface area is 92.7 Å². The normalized spacial score (nSPS) is 16.4. The molecule has 2 rings (SSSR count). The molecule has 14 heavy (non-hydrogen) atoms. The molecule has 0 atom stereocenters. The van der Waals surface area contributed by atoms with E-state index in [1.807, 2.05) is 6.26 Å². The van der Waals surface area contributed by atoms with Crippen molar-refractivity contribution < 1.29 is 0 Å². The second-order valence-electron chi connectivity index (χ2n) is 3.33. The zero-order valence-electron chi connectivity index (χ0n) is 7.96. The molecule has 0 saturated heterocycles. The number of hydrogen-bond acceptors (Lipinski definition) is 4. The van der Waals surface area contributed by atoms with Crippen LogP contribution < -0.4 is 5.32 Å². The summed E-state index contributed by atoms with van der Waals surface area (Å²) in [6.45, 7) is 0. The topological polar surface area (TPSA) is 37.8 Å². The predicted octanol–water partition coefficient (Wildman–Crippen LogP) is 2.82. The summed E-state index contributed by atoms with van der Waals surface area (Å²) in [5.74, 6) is 0.846. The van der Waals surface area contributed by atoms with Gasteiger partial charge in [0.25, 0.3) is 0 Å². The van der Waals surface area contributed by atoms with Crippen molar-refractivity contribution >= 4 is 29.2 Å². The number of nitrogens with one attached hydrogen (secondary N) is 1. The van der Waals surface area contributed by atoms with Crippen LogP contribution in [0.4, 0.5) is 5.82 Å². The molecular formula is C9H12ClN3S. The number of hydrogen-bond donors (Lipinski definition) is 1. The number of nitrogens with zero attached hydrogens (tertiary/aromatic N) is 2. The van der Waals surface area contributed by atoms with Gasteiger partial charge in [0.15, 0.2) is 5.16 Å². The smallest absolute Gasteiger partial charge is 0.190 e. The maximum atomic E-state index is 5.87. The molecule has 1 aliphatic carbocycles. The average molecular weight is 230 g/mol. The molecule has 76 valence electrons. The summed E-state index contributed by atoms with van der Waals surface area (Å²) in [6, 6.07) is 2.36. The van der Waals surface area contributed by atoms with Gasteiger partial charge < -0.3 is 5.32 Å². The Morgan fingerprint density at radius 3 is 2.86 bits per heavy atom. The molecule has 1 saturated carbocycles. The lowest BCUT2D eigenvalue weighted by atomic mass is 9.93. The second-order valence-corrected chi connectivity index (χ2v) is 4.50. The van der Waals surface area contributed by atoms with Crippen LogP contribution >= 0.6 is 23.4 Å². The van der Waals surface area contributed by atoms with Crippen LogP contribution in [0.25, 0.3) is 0 Å². The predicted molar refractivity (Wildman–Crippen MR) is 60.1 cm³/mol. The highest BCUT2D eigenvalue weighted by atomic mass is 35.5. The van der Waals surface area contributed by atoms with E-state index in [-0.39, 0.29) is 0 Å². The first-order valence-electron chi connectivity index (χ1n) is 4.63. The van der Waals surface area contributed by atoms with Crippen LogP contribution in [0.15, 0.2) is 11.2 Å². The highest BCUT2D eigenvalue weighted by Crippen LogP contribution is 2.24. The highest BCUT2D eigenvalue weighted by molar-refractivity contribution is 7.98. The Morgan fingerprint density at radius 2 is 2.29 bits per heavy atom. The number of thioether (sulfide) groups is 1. The first-order valence-corrected chi connectivity index (χ1v) is 6.23. The number of halogens is 1. The molecule has 1 aromatic heterocycles. The Balaban J connectivity index is 2.11. The van der Waals surface area contributed by atoms with E-state index in [1.165, 1.54) is 31.0 Å². The minimum atomic E-state index is 0.506. The van der Waals surface area contributed by atoms with E-state index in [2.05, 4.69) is 15.3 Å². The van der Waals surface area contributed by atoms with Gasteiger partial charge in [-0.3, -0.25) is 0 Å². The van der Waals surface area contributed by atoms with Gasteiger partial charge in [-0.05, 0) is 25.5 Å². The lowest BCUT2D eigenvalue weighted by Gasteiger charge is -2.26. The van der Waals surface area contributed by atoms with Gasteiger partial charge in [0.05, 0.1) is 0 Å². The minimum absolute atomic E-state index is 0.506. The Kier molecular flexibility index (Phi) is 3.13. The third-order valence-corrected chi connectivity index (χ3v) is 3.06. The van der Waals surface area contributed by atoms with Crippen LogP contribution in [0.1, 0.15) is 19.3 Å². The molecule has 0 aromatic carbocycles. The summed E-state index contributed by atoms with van der Waals surface area (Å²) < 4.78 is 0. The molecule has 3 nitrogen and oxygen atoms in total. The fraction of sp³-hybridized carbons (Fsp3) is 0.556. The molecule has 1 fully saturated rings. The van der Waals surface area contributed by atoms with E-state index >= 15 is 0 Å². The highest BCUT2D eigenvalue weighted by Gasteiger charge is 2.17. The fourth-order valence-corrected chi connectivity index (χ4v) is 1.94. The van der Waals surface area contributed by atoms with Gasteiger partial charge in [-0.2, -0.15) is 0 Å². The summed E-state index contributed by atoms with van der Waals surface area (Å²) in [5, 5.41) is 4.57. The van der Waals surface area contributed by atoms with E-state index in [0.29, 0.717) is 11.2 Å². The van der Waals surface area contributed by atoms with Crippen molar-refractivity contribution in [3.63, 3.8) is 0 Å². The zero-order valence-corrected chi connectivity index (χ0v) is 9.53. The van der Waals surface area contributed by atoms with Crippen molar-refractivity contribution in [3.8, 4) is 0 Å². The molecule has 0 radical (unpaired) electrons. The number of aromatic nitrogens is 2. The third-order valence-electron chi connectivity index (χ3n) is 2.31. The Hall–Kier alpha value is -0.480. The summed E-state index contributed by atoms with van der Waals surface area (Å²) in [7, 11) is 0. The van der Waals surface area contributed by atoms with Crippen LogP contribution in [0.3, 0.4) is 0 Å². The van der Waals surface area contributed by atoms with Crippen LogP contribution in [0.5, 0.6) is 0 Å². The van der Waals surface area contributed by atoms with Gasteiger partial charge in [-0.1, -0.05) is 23.4 Å². The molecular weight excluding hydrogens is 218 g/mol. The van der Waals surface area contributed by atoms with Gasteiger partial charge in [0.1, 0.15) is 11.0 Å². The summed E-state index contributed by atoms with van der Waals surface area (Å²) >= 11 is 7.37. The quantitative estimate of drug-likeness (QED) is 0.492. The first-order chi connectivity index (χ1) is 6.78. The largest absolute Gasteiger partial charge is 0.367 e. The van der Waals surface area contributed by atoms with Crippen LogP contribution in [-0.4, -0.2) is 22.3 Å². The first kappa shape index (κ1) is 10.1. The lowest BCUT2D eigenvalue weighted by molar-refractivity contribution is 0.444. The van der Waals surface area contributed by atoms with Crippen molar-refractivity contribution in [2.24, 2.45) is 0 Å². The van der Waals surface area contributed by atoms with E-state index < -0.39 is 0 Å². The van der Waals surface area contributed by atoms with Crippen molar-refractivity contribution in [1.29, 1.82) is 0 Å². The minimum Gasteiger partial charge on any atom is -0.367 e. The van der Waals surface area contributed by atoms with Gasteiger partial charge >= 0.3 is 0 Å². The van der Waals surface area contributed by atoms with E-state index in [4.69, 9.17) is 11.6 Å². The standard InChI is InChI=1S/C9H12ClN3S/c1-14-9-12-7(10)5-8(13-9)11-6-3-2-4-6/h5-6H,2-4H2,1H3,(H,11,12,13). The third kappa shape index (κ3) is 2.30. The summed E-state index contributed by atoms with van der Waals surface area (Å²) in [5.41, 5.74) is 0. The van der Waals surface area contributed by atoms with Crippen molar-refractivity contribution in [1.82, 2.24) is 9.97 Å². The van der Waals surface area contributed by atoms with Crippen LogP contribution in [-0.2, 0) is 0 Å². The molecule has 0 amide bonds. The SMILES string of the molecule is CSc1nc(Cl)cc(NC2CCC2)n1. The van der Waals surface area contributed by atoms with E-state index in [1.54, 1.807) is 6.07 Å². The van der Waals surface area contributed by atoms with E-state index in [9.17, 15) is 0 Å². The van der Waals surface area contributed by atoms with Gasteiger partial charge in [0.2, 0.25) is 0 Å². The van der Waals surface area contributed by atoms with Crippen LogP contribution in [0.2, 0.25) is 5.15 Å². The molecule has 0 unspecified atom stereocenters. The number of anilines is 1. The Morgan fingerprint density at radius 1 is 1.50 bits per heavy atom. The second kappa shape index (κ2) is 4.36. The molecule has 0 spiro atoms. The number of rotatable bonds is 3. The van der Waals surface area contributed by atoms with Crippen molar-refractivity contribution in [2.75, 3.05) is 11.6 Å². The summed E-state index contributed by atoms with van der Waals surface area (Å²) in [4.78, 5) is 8.41. The molecule has 1 heterocycles. The fourth-order valence-electron chi connectivity index (χ4n) is 1.32. The zero-order chi connectivity index (χ0) is 9.97. The maximum Gasteiger partial charge on any atom is 0.190 e. The molecule has 0 aliphatic heterocycles. The van der Waals surface area contributed by atoms with Gasteiger partial charge in [-0.15, -0.1) is 0 Å². The van der Waals surface area contributed by atoms with Gasteiger partial charge in [0, 0.05) is 12.1 Å². The molecule has 1 aromatic rings. The molecule has 1 aliphatic rings. The molecule has 5 heteroatoms. The van der Waals surface area contributed by atoms with Crippen molar-refractivity contribution in [3.05, 3.63) is 11.2 Å². The van der Waals surface area contributed by atoms with Gasteiger partial charge in [-0.25, -0.2) is 9.97 Å². The summed E-state index contributed by atoms with van der Waals surface area (Å²) in [6.07, 6.45) is 5.72. The van der Waals surface area contributed by atoms with Crippen LogP contribution in [0, 0.1) is 0 Å². The monoisotopic (exact) mass is 229 g/mol. The Bertz CT molecular complexity index is 328. The average Bonchev–Trinajstić information content (AvgIpc) is 2.10. The molecule has 1 N–H and O–H groups in total.